The summed E-state index contributed by atoms with van der Waals surface area (Å²) in [6.45, 7) is 7.54. The fourth-order valence-electron chi connectivity index (χ4n) is 7.22. The first-order chi connectivity index (χ1) is 20.3. The van der Waals surface area contributed by atoms with Crippen molar-refractivity contribution in [3.05, 3.63) is 34.8 Å². The summed E-state index contributed by atoms with van der Waals surface area (Å²) < 4.78 is 11.2. The molecule has 1 saturated heterocycles. The summed E-state index contributed by atoms with van der Waals surface area (Å²) in [7, 11) is 3.60. The number of methoxy groups -OCH3 is 1. The fraction of sp³-hybridized carbons (Fsp3) is 0.667. The van der Waals surface area contributed by atoms with Gasteiger partial charge in [0.2, 0.25) is 11.8 Å². The van der Waals surface area contributed by atoms with Gasteiger partial charge in [0.25, 0.3) is 5.91 Å². The Labute approximate surface area is 248 Å². The lowest BCUT2D eigenvalue weighted by molar-refractivity contribution is -0.134. The molecule has 12 heteroatoms. The van der Waals surface area contributed by atoms with Crippen molar-refractivity contribution < 1.29 is 19.1 Å². The van der Waals surface area contributed by atoms with Crippen LogP contribution >= 0.6 is 0 Å². The summed E-state index contributed by atoms with van der Waals surface area (Å²) in [5.74, 6) is -0.0773. The lowest BCUT2D eigenvalue weighted by Gasteiger charge is -2.52. The van der Waals surface area contributed by atoms with Crippen LogP contribution in [0.1, 0.15) is 50.2 Å². The van der Waals surface area contributed by atoms with Crippen LogP contribution in [0.15, 0.2) is 23.7 Å². The van der Waals surface area contributed by atoms with Gasteiger partial charge in [0, 0.05) is 51.9 Å². The van der Waals surface area contributed by atoms with Crippen LogP contribution in [-0.2, 0) is 27.3 Å². The van der Waals surface area contributed by atoms with Gasteiger partial charge in [0.05, 0.1) is 32.6 Å². The van der Waals surface area contributed by atoms with E-state index < -0.39 is 5.91 Å². The number of rotatable bonds is 7. The van der Waals surface area contributed by atoms with Crippen molar-refractivity contribution in [2.24, 2.45) is 5.73 Å². The van der Waals surface area contributed by atoms with Crippen molar-refractivity contribution >= 4 is 17.5 Å². The highest BCUT2D eigenvalue weighted by atomic mass is 16.5. The Hall–Kier alpha value is -3.22. The topological polar surface area (TPSA) is 128 Å². The van der Waals surface area contributed by atoms with Gasteiger partial charge in [-0.25, -0.2) is 0 Å². The van der Waals surface area contributed by atoms with Gasteiger partial charge in [0.15, 0.2) is 0 Å². The molecule has 4 aliphatic heterocycles. The van der Waals surface area contributed by atoms with E-state index in [1.54, 1.807) is 7.11 Å². The second-order valence-corrected chi connectivity index (χ2v) is 12.3. The van der Waals surface area contributed by atoms with Gasteiger partial charge in [-0.2, -0.15) is 0 Å². The van der Waals surface area contributed by atoms with Gasteiger partial charge in [-0.1, -0.05) is 19.8 Å². The average molecular weight is 583 g/mol. The van der Waals surface area contributed by atoms with E-state index in [1.165, 1.54) is 12.8 Å². The van der Waals surface area contributed by atoms with E-state index in [-0.39, 0.29) is 11.8 Å². The highest BCUT2D eigenvalue weighted by Crippen LogP contribution is 2.37. The molecule has 1 aliphatic carbocycles. The summed E-state index contributed by atoms with van der Waals surface area (Å²) in [4.78, 5) is 35.2. The number of benzene rings is 1. The van der Waals surface area contributed by atoms with Crippen LogP contribution in [0.2, 0.25) is 0 Å². The van der Waals surface area contributed by atoms with Crippen LogP contribution in [0.3, 0.4) is 0 Å². The molecule has 2 atom stereocenters. The van der Waals surface area contributed by atoms with Crippen molar-refractivity contribution in [1.82, 2.24) is 30.2 Å². The Balaban J connectivity index is 1.21. The van der Waals surface area contributed by atoms with E-state index in [0.717, 1.165) is 62.3 Å². The number of nitrogens with zero attached hydrogens (tertiary/aromatic N) is 4. The SMILES string of the molecule is CCC1CN(C)C2=C(N[C@@](N)(Nc3cc4c(cc3OC)CN(C(=O)CN3CCOCC3)CC4)NC2=O)N1C1CCCC1. The third-order valence-electron chi connectivity index (χ3n) is 9.45. The minimum absolute atomic E-state index is 0.137. The van der Waals surface area contributed by atoms with Gasteiger partial charge in [-0.05, 0) is 48.9 Å². The van der Waals surface area contributed by atoms with Crippen LogP contribution in [0.5, 0.6) is 5.75 Å². The molecular formula is C30H46N8O4. The highest BCUT2D eigenvalue weighted by Gasteiger charge is 2.46. The number of hydrogen-bond acceptors (Lipinski definition) is 10. The molecule has 0 bridgehead atoms. The van der Waals surface area contributed by atoms with E-state index >= 15 is 0 Å². The highest BCUT2D eigenvalue weighted by molar-refractivity contribution is 5.95. The molecule has 2 fully saturated rings. The predicted octanol–water partition coefficient (Wildman–Crippen LogP) is 0.751. The van der Waals surface area contributed by atoms with Gasteiger partial charge >= 0.3 is 0 Å². The second kappa shape index (κ2) is 11.8. The molecule has 5 N–H and O–H groups in total. The molecule has 1 aromatic carbocycles. The van der Waals surface area contributed by atoms with Gasteiger partial charge < -0.3 is 34.8 Å². The molecule has 1 unspecified atom stereocenters. The summed E-state index contributed by atoms with van der Waals surface area (Å²) in [6, 6.07) is 4.72. The minimum atomic E-state index is -1.42. The van der Waals surface area contributed by atoms with Gasteiger partial charge in [0.1, 0.15) is 17.3 Å². The monoisotopic (exact) mass is 582 g/mol. The molecule has 4 heterocycles. The Kier molecular flexibility index (Phi) is 8.12. The number of amides is 2. The van der Waals surface area contributed by atoms with E-state index in [9.17, 15) is 9.59 Å². The number of anilines is 1. The molecular weight excluding hydrogens is 536 g/mol. The zero-order valence-corrected chi connectivity index (χ0v) is 25.2. The Morgan fingerprint density at radius 3 is 2.64 bits per heavy atom. The van der Waals surface area contributed by atoms with Crippen LogP contribution in [0.25, 0.3) is 0 Å². The molecule has 42 heavy (non-hydrogen) atoms. The molecule has 0 spiro atoms. The normalized spacial score (nSPS) is 26.9. The quantitative estimate of drug-likeness (QED) is 0.342. The van der Waals surface area contributed by atoms with Crippen LogP contribution < -0.4 is 26.4 Å². The number of nitrogens with one attached hydrogen (secondary N) is 3. The number of likely N-dealkylation sites (N-methyl/N-ethyl adjacent to an activating group) is 1. The second-order valence-electron chi connectivity index (χ2n) is 12.3. The Bertz CT molecular complexity index is 1230. The van der Waals surface area contributed by atoms with Crippen molar-refractivity contribution in [3.63, 3.8) is 0 Å². The molecule has 2 amide bonds. The van der Waals surface area contributed by atoms with E-state index in [0.29, 0.717) is 62.1 Å². The van der Waals surface area contributed by atoms with E-state index in [2.05, 4.69) is 32.7 Å². The third-order valence-corrected chi connectivity index (χ3v) is 9.45. The van der Waals surface area contributed by atoms with E-state index in [4.69, 9.17) is 15.2 Å². The van der Waals surface area contributed by atoms with Crippen molar-refractivity contribution in [2.45, 2.75) is 70.0 Å². The largest absolute Gasteiger partial charge is 0.495 e. The lowest BCUT2D eigenvalue weighted by Crippen LogP contribution is -2.76. The molecule has 1 saturated carbocycles. The van der Waals surface area contributed by atoms with Crippen LogP contribution in [-0.4, -0.2) is 110 Å². The van der Waals surface area contributed by atoms with Crippen molar-refractivity contribution in [2.75, 3.05) is 65.4 Å². The first-order valence-electron chi connectivity index (χ1n) is 15.5. The predicted molar refractivity (Wildman–Crippen MR) is 159 cm³/mol. The molecule has 12 nitrogen and oxygen atoms in total. The van der Waals surface area contributed by atoms with Gasteiger partial charge in [-0.15, -0.1) is 0 Å². The summed E-state index contributed by atoms with van der Waals surface area (Å²) in [6.07, 6.45) is 6.37. The van der Waals surface area contributed by atoms with Crippen molar-refractivity contribution in [3.8, 4) is 5.75 Å². The third kappa shape index (κ3) is 5.59. The molecule has 1 aromatic rings. The zero-order valence-electron chi connectivity index (χ0n) is 25.2. The number of ether oxygens (including phenoxy) is 2. The molecule has 0 aromatic heterocycles. The summed E-state index contributed by atoms with van der Waals surface area (Å²) >= 11 is 0. The van der Waals surface area contributed by atoms with Gasteiger partial charge in [-0.3, -0.25) is 25.5 Å². The van der Waals surface area contributed by atoms with E-state index in [1.807, 2.05) is 29.0 Å². The Morgan fingerprint density at radius 2 is 1.93 bits per heavy atom. The van der Waals surface area contributed by atoms with Crippen molar-refractivity contribution in [1.29, 1.82) is 0 Å². The molecule has 230 valence electrons. The lowest BCUT2D eigenvalue weighted by atomic mass is 9.98. The Morgan fingerprint density at radius 1 is 1.17 bits per heavy atom. The average Bonchev–Trinajstić information content (AvgIpc) is 3.50. The number of nitrogens with two attached hydrogens (primary N) is 1. The maximum Gasteiger partial charge on any atom is 0.275 e. The number of carbonyl (C=O) groups is 2. The summed E-state index contributed by atoms with van der Waals surface area (Å²) in [5.41, 5.74) is 10.4. The van der Waals surface area contributed by atoms with Crippen LogP contribution in [0.4, 0.5) is 5.69 Å². The smallest absolute Gasteiger partial charge is 0.275 e. The molecule has 0 radical (unpaired) electrons. The minimum Gasteiger partial charge on any atom is -0.495 e. The maximum atomic E-state index is 13.6. The molecule has 5 aliphatic rings. The fourth-order valence-corrected chi connectivity index (χ4v) is 7.22. The number of fused-ring (bicyclic) bond motifs is 1. The number of hydrogen-bond donors (Lipinski definition) is 4. The first kappa shape index (κ1) is 28.9. The van der Waals surface area contributed by atoms with Crippen LogP contribution in [0, 0.1) is 0 Å². The maximum absolute atomic E-state index is 13.6. The summed E-state index contributed by atoms with van der Waals surface area (Å²) in [5, 5.41) is 9.85. The first-order valence-corrected chi connectivity index (χ1v) is 15.5. The number of carbonyl (C=O) groups excluding carboxylic acids is 2. The molecule has 6 rings (SSSR count). The standard InChI is InChI=1S/C30H46N8O4/c1-4-22-18-35(2)27-28(38(22)23-7-5-6-8-23)33-30(31,34-29(27)40)32-24-15-20-9-10-37(17-21(20)16-25(24)41-3)26(39)19-36-11-13-42-14-12-36/h15-16,22-23,32-33H,4-14,17-19,31H2,1-3H3,(H,34,40)/t22?,30-/m1/s1. The zero-order chi connectivity index (χ0) is 29.4. The number of morpholine rings is 1.